The van der Waals surface area contributed by atoms with E-state index in [9.17, 15) is 5.26 Å². The lowest BCUT2D eigenvalue weighted by Crippen LogP contribution is -2.03. The van der Waals surface area contributed by atoms with Crippen LogP contribution in [0.15, 0.2) is 146 Å². The van der Waals surface area contributed by atoms with Crippen LogP contribution in [0.2, 0.25) is 0 Å². The van der Waals surface area contributed by atoms with Gasteiger partial charge in [0.15, 0.2) is 23.2 Å². The molecule has 0 fully saturated rings. The van der Waals surface area contributed by atoms with E-state index < -0.39 is 0 Å². The van der Waals surface area contributed by atoms with Crippen molar-refractivity contribution >= 4 is 27.5 Å². The molecule has 2 heterocycles. The van der Waals surface area contributed by atoms with Crippen LogP contribution in [0.1, 0.15) is 5.56 Å². The van der Waals surface area contributed by atoms with Crippen LogP contribution < -0.4 is 0 Å². The average Bonchev–Trinajstić information content (AvgIpc) is 3.49. The molecule has 0 aliphatic rings. The Kier molecular flexibility index (Phi) is 6.80. The maximum absolute atomic E-state index is 9.26. The smallest absolute Gasteiger partial charge is 0.188 e. The van der Waals surface area contributed by atoms with Gasteiger partial charge in [-0.15, -0.1) is 0 Å². The minimum atomic E-state index is 0.472. The van der Waals surface area contributed by atoms with E-state index >= 15 is 0 Å². The Morgan fingerprint density at radius 3 is 1.81 bits per heavy atom. The van der Waals surface area contributed by atoms with Crippen molar-refractivity contribution < 1.29 is 0 Å². The van der Waals surface area contributed by atoms with Gasteiger partial charge >= 0.3 is 0 Å². The van der Waals surface area contributed by atoms with Gasteiger partial charge in [-0.1, -0.05) is 103 Å². The van der Waals surface area contributed by atoms with Gasteiger partial charge in [-0.2, -0.15) is 5.26 Å². The average molecular weight is 601 g/mol. The summed E-state index contributed by atoms with van der Waals surface area (Å²) in [5.41, 5.74) is 8.48. The quantitative estimate of drug-likeness (QED) is 0.184. The second-order valence-electron chi connectivity index (χ2n) is 11.1. The van der Waals surface area contributed by atoms with Gasteiger partial charge in [0.25, 0.3) is 0 Å². The molecule has 218 valence electrons. The summed E-state index contributed by atoms with van der Waals surface area (Å²) in [6.45, 7) is 7.84. The Hall–Kier alpha value is -6.89. The van der Waals surface area contributed by atoms with Crippen LogP contribution in [0.5, 0.6) is 0 Å². The lowest BCUT2D eigenvalue weighted by atomic mass is 10.0. The molecule has 0 saturated carbocycles. The molecule has 0 saturated heterocycles. The first-order valence-electron chi connectivity index (χ1n) is 15.1. The first-order valence-corrected chi connectivity index (χ1v) is 15.1. The molecule has 0 atom stereocenters. The van der Waals surface area contributed by atoms with Gasteiger partial charge in [0.1, 0.15) is 0 Å². The molecule has 0 spiro atoms. The van der Waals surface area contributed by atoms with Crippen molar-refractivity contribution in [1.29, 1.82) is 5.26 Å². The molecule has 6 aromatic carbocycles. The molecule has 0 bridgehead atoms. The number of hydrogen-bond acceptors (Lipinski definition) is 4. The Bertz CT molecular complexity index is 2480. The van der Waals surface area contributed by atoms with Gasteiger partial charge in [-0.25, -0.2) is 19.8 Å². The SMILES string of the molecule is [C-]#[N+]c1ccc(-n2c3ccccc3c3ccccc32)c(-c2nc(-c3ccccc3)nc(-c3cccc(-c4ccc(C#N)cc4)c3)n2)c1. The van der Waals surface area contributed by atoms with E-state index in [2.05, 4.69) is 57.9 Å². The molecule has 0 aliphatic carbocycles. The van der Waals surface area contributed by atoms with E-state index in [1.54, 1.807) is 0 Å². The molecule has 0 aliphatic heterocycles. The summed E-state index contributed by atoms with van der Waals surface area (Å²) in [5, 5.41) is 11.5. The van der Waals surface area contributed by atoms with Crippen LogP contribution in [0.4, 0.5) is 5.69 Å². The number of benzene rings is 6. The molecule has 6 heteroatoms. The number of fused-ring (bicyclic) bond motifs is 3. The highest BCUT2D eigenvalue weighted by Gasteiger charge is 2.20. The molecule has 6 nitrogen and oxygen atoms in total. The minimum absolute atomic E-state index is 0.472. The van der Waals surface area contributed by atoms with Gasteiger partial charge in [-0.05, 0) is 53.6 Å². The minimum Gasteiger partial charge on any atom is -0.309 e. The predicted molar refractivity (Wildman–Crippen MR) is 187 cm³/mol. The molecule has 0 N–H and O–H groups in total. The third-order valence-electron chi connectivity index (χ3n) is 8.31. The zero-order valence-corrected chi connectivity index (χ0v) is 25.0. The van der Waals surface area contributed by atoms with Crippen molar-refractivity contribution in [3.05, 3.63) is 163 Å². The Labute approximate surface area is 271 Å². The number of nitrogens with zero attached hydrogens (tertiary/aromatic N) is 6. The maximum Gasteiger partial charge on any atom is 0.188 e. The standard InChI is InChI=1S/C41H24N6/c1-43-32-22-23-38(47-36-16-7-5-14-33(36)34-15-6-8-17-37(34)47)35(25-32)41-45-39(29-10-3-2-4-11-29)44-40(46-41)31-13-9-12-30(24-31)28-20-18-27(26-42)19-21-28/h2-25H. The molecular weight excluding hydrogens is 576 g/mol. The van der Waals surface area contributed by atoms with Crippen LogP contribution in [-0.4, -0.2) is 19.5 Å². The lowest BCUT2D eigenvalue weighted by molar-refractivity contribution is 1.06. The number of para-hydroxylation sites is 2. The fourth-order valence-corrected chi connectivity index (χ4v) is 6.07. The molecule has 0 radical (unpaired) electrons. The number of nitriles is 1. The molecule has 0 unspecified atom stereocenters. The Morgan fingerprint density at radius 1 is 0.532 bits per heavy atom. The highest BCUT2D eigenvalue weighted by Crippen LogP contribution is 2.38. The maximum atomic E-state index is 9.26. The van der Waals surface area contributed by atoms with Crippen molar-refractivity contribution in [3.63, 3.8) is 0 Å². The largest absolute Gasteiger partial charge is 0.309 e. The number of rotatable bonds is 5. The number of aromatic nitrogens is 4. The van der Waals surface area contributed by atoms with E-state index in [1.807, 2.05) is 103 Å². The number of hydrogen-bond donors (Lipinski definition) is 0. The van der Waals surface area contributed by atoms with Gasteiger partial charge in [0, 0.05) is 27.5 Å². The third-order valence-corrected chi connectivity index (χ3v) is 8.31. The fourth-order valence-electron chi connectivity index (χ4n) is 6.07. The molecule has 47 heavy (non-hydrogen) atoms. The molecular formula is C41H24N6. The molecule has 8 rings (SSSR count). The van der Waals surface area contributed by atoms with Crippen LogP contribution in [0, 0.1) is 17.9 Å². The van der Waals surface area contributed by atoms with E-state index in [0.29, 0.717) is 28.7 Å². The van der Waals surface area contributed by atoms with Crippen LogP contribution in [0.3, 0.4) is 0 Å². The van der Waals surface area contributed by atoms with Crippen LogP contribution in [0.25, 0.3) is 77.6 Å². The van der Waals surface area contributed by atoms with Gasteiger partial charge in [0.05, 0.1) is 34.9 Å². The summed E-state index contributed by atoms with van der Waals surface area (Å²) in [6, 6.07) is 50.0. The van der Waals surface area contributed by atoms with Crippen molar-refractivity contribution in [3.8, 4) is 57.0 Å². The summed E-state index contributed by atoms with van der Waals surface area (Å²) in [5.74, 6) is 1.53. The van der Waals surface area contributed by atoms with Crippen LogP contribution in [-0.2, 0) is 0 Å². The zero-order chi connectivity index (χ0) is 31.7. The molecule has 2 aromatic heterocycles. The van der Waals surface area contributed by atoms with Crippen molar-refractivity contribution in [2.75, 3.05) is 0 Å². The predicted octanol–water partition coefficient (Wildman–Crippen LogP) is 10.1. The molecule has 8 aromatic rings. The zero-order valence-electron chi connectivity index (χ0n) is 25.0. The normalized spacial score (nSPS) is 10.9. The monoisotopic (exact) mass is 600 g/mol. The first kappa shape index (κ1) is 27.6. The Balaban J connectivity index is 1.38. The summed E-state index contributed by atoms with van der Waals surface area (Å²) in [4.78, 5) is 18.9. The van der Waals surface area contributed by atoms with Crippen molar-refractivity contribution in [1.82, 2.24) is 19.5 Å². The lowest BCUT2D eigenvalue weighted by Gasteiger charge is -2.15. The highest BCUT2D eigenvalue weighted by molar-refractivity contribution is 6.09. The van der Waals surface area contributed by atoms with E-state index in [-0.39, 0.29) is 0 Å². The summed E-state index contributed by atoms with van der Waals surface area (Å²) >= 11 is 0. The van der Waals surface area contributed by atoms with Crippen molar-refractivity contribution in [2.24, 2.45) is 0 Å². The second kappa shape index (κ2) is 11.6. The summed E-state index contributed by atoms with van der Waals surface area (Å²) < 4.78 is 2.23. The van der Waals surface area contributed by atoms with E-state index in [4.69, 9.17) is 21.5 Å². The van der Waals surface area contributed by atoms with Gasteiger partial charge < -0.3 is 4.57 Å². The summed E-state index contributed by atoms with van der Waals surface area (Å²) in [7, 11) is 0. The van der Waals surface area contributed by atoms with E-state index in [0.717, 1.165) is 55.3 Å². The van der Waals surface area contributed by atoms with Crippen LogP contribution >= 0.6 is 0 Å². The van der Waals surface area contributed by atoms with Gasteiger partial charge in [-0.3, -0.25) is 0 Å². The van der Waals surface area contributed by atoms with E-state index in [1.165, 1.54) is 0 Å². The topological polar surface area (TPSA) is 71.8 Å². The molecule has 0 amide bonds. The second-order valence-corrected chi connectivity index (χ2v) is 11.1. The third kappa shape index (κ3) is 4.97. The fraction of sp³-hybridized carbons (Fsp3) is 0. The highest BCUT2D eigenvalue weighted by atomic mass is 15.1. The summed E-state index contributed by atoms with van der Waals surface area (Å²) in [6.07, 6.45) is 0. The van der Waals surface area contributed by atoms with Gasteiger partial charge in [0.2, 0.25) is 0 Å². The first-order chi connectivity index (χ1) is 23.2. The van der Waals surface area contributed by atoms with Crippen molar-refractivity contribution in [2.45, 2.75) is 0 Å². The Morgan fingerprint density at radius 2 is 1.13 bits per heavy atom.